The Kier molecular flexibility index (Phi) is 3.23. The van der Waals surface area contributed by atoms with Crippen LogP contribution in [-0.4, -0.2) is 37.1 Å². The average molecular weight is 247 g/mol. The molecule has 1 fully saturated rings. The molecule has 1 aliphatic heterocycles. The fourth-order valence-corrected chi connectivity index (χ4v) is 2.70. The van der Waals surface area contributed by atoms with Gasteiger partial charge >= 0.3 is 0 Å². The molecule has 2 heterocycles. The molecule has 0 saturated carbocycles. The van der Waals surface area contributed by atoms with Crippen LogP contribution < -0.4 is 4.90 Å². The lowest BCUT2D eigenvalue weighted by Crippen LogP contribution is -2.43. The smallest absolute Gasteiger partial charge is 0.187 e. The molecule has 2 rings (SSSR count). The Morgan fingerprint density at radius 1 is 1.73 bits per heavy atom. The number of hydrogen-bond donors (Lipinski definition) is 0. The van der Waals surface area contributed by atoms with Gasteiger partial charge in [-0.3, -0.25) is 4.79 Å². The molecule has 82 valence electrons. The highest BCUT2D eigenvalue weighted by Crippen LogP contribution is 2.30. The monoisotopic (exact) mass is 246 g/mol. The number of anilines is 1. The highest BCUT2D eigenvalue weighted by molar-refractivity contribution is 7.17. The Morgan fingerprint density at radius 2 is 2.53 bits per heavy atom. The lowest BCUT2D eigenvalue weighted by atomic mass is 10.3. The summed E-state index contributed by atoms with van der Waals surface area (Å²) in [6, 6.07) is 0.278. The molecule has 6 heteroatoms. The third kappa shape index (κ3) is 2.14. The van der Waals surface area contributed by atoms with Crippen molar-refractivity contribution in [2.75, 3.05) is 24.7 Å². The van der Waals surface area contributed by atoms with Crippen LogP contribution >= 0.6 is 22.9 Å². The molecular weight excluding hydrogens is 236 g/mol. The molecule has 0 N–H and O–H groups in total. The number of carbonyl (C=O) groups is 1. The van der Waals surface area contributed by atoms with Crippen LogP contribution in [0, 0.1) is 0 Å². The Hall–Kier alpha value is -0.650. The SMILES string of the molecule is C[C@H]1COCCN1c1nc(Cl)c(C=O)s1. The van der Waals surface area contributed by atoms with E-state index in [9.17, 15) is 4.79 Å². The number of aldehydes is 1. The van der Waals surface area contributed by atoms with Crippen molar-refractivity contribution in [3.63, 3.8) is 0 Å². The minimum Gasteiger partial charge on any atom is -0.377 e. The molecule has 0 amide bonds. The fraction of sp³-hybridized carbons (Fsp3) is 0.556. The molecule has 0 bridgehead atoms. The zero-order chi connectivity index (χ0) is 10.8. The maximum Gasteiger partial charge on any atom is 0.187 e. The second kappa shape index (κ2) is 4.47. The lowest BCUT2D eigenvalue weighted by molar-refractivity contribution is 0.0989. The van der Waals surface area contributed by atoms with E-state index in [-0.39, 0.29) is 6.04 Å². The Morgan fingerprint density at radius 3 is 3.13 bits per heavy atom. The maximum absolute atomic E-state index is 10.6. The normalized spacial score (nSPS) is 21.7. The second-order valence-electron chi connectivity index (χ2n) is 3.39. The lowest BCUT2D eigenvalue weighted by Gasteiger charge is -2.32. The van der Waals surface area contributed by atoms with Crippen molar-refractivity contribution in [2.45, 2.75) is 13.0 Å². The molecule has 0 aliphatic carbocycles. The Balaban J connectivity index is 2.23. The van der Waals surface area contributed by atoms with E-state index >= 15 is 0 Å². The van der Waals surface area contributed by atoms with Gasteiger partial charge in [0.05, 0.1) is 19.3 Å². The van der Waals surface area contributed by atoms with Crippen LogP contribution in [0.3, 0.4) is 0 Å². The first-order chi connectivity index (χ1) is 7.22. The molecule has 15 heavy (non-hydrogen) atoms. The van der Waals surface area contributed by atoms with Crippen molar-refractivity contribution in [2.24, 2.45) is 0 Å². The van der Waals surface area contributed by atoms with E-state index in [1.807, 2.05) is 0 Å². The van der Waals surface area contributed by atoms with Gasteiger partial charge in [-0.05, 0) is 6.92 Å². The van der Waals surface area contributed by atoms with Crippen molar-refractivity contribution in [3.8, 4) is 0 Å². The number of thiazole rings is 1. The van der Waals surface area contributed by atoms with E-state index in [1.54, 1.807) is 0 Å². The van der Waals surface area contributed by atoms with E-state index in [0.29, 0.717) is 23.2 Å². The summed E-state index contributed by atoms with van der Waals surface area (Å²) in [6.45, 7) is 4.24. The fourth-order valence-electron chi connectivity index (χ4n) is 1.51. The molecular formula is C9H11ClN2O2S. The summed E-state index contributed by atoms with van der Waals surface area (Å²) in [7, 11) is 0. The predicted octanol–water partition coefficient (Wildman–Crippen LogP) is 1.83. The molecule has 0 unspecified atom stereocenters. The molecule has 0 spiro atoms. The second-order valence-corrected chi connectivity index (χ2v) is 4.75. The van der Waals surface area contributed by atoms with Crippen LogP contribution in [0.1, 0.15) is 16.6 Å². The van der Waals surface area contributed by atoms with Crippen LogP contribution in [0.2, 0.25) is 5.15 Å². The first kappa shape index (κ1) is 10.9. The minimum atomic E-state index is 0.278. The maximum atomic E-state index is 10.6. The first-order valence-electron chi connectivity index (χ1n) is 4.68. The predicted molar refractivity (Wildman–Crippen MR) is 60.1 cm³/mol. The van der Waals surface area contributed by atoms with Gasteiger partial charge in [-0.15, -0.1) is 0 Å². The summed E-state index contributed by atoms with van der Waals surface area (Å²) in [5.41, 5.74) is 0. The van der Waals surface area contributed by atoms with Gasteiger partial charge in [-0.1, -0.05) is 22.9 Å². The standard InChI is InChI=1S/C9H11ClN2O2S/c1-6-5-14-3-2-12(6)9-11-8(10)7(4-13)15-9/h4,6H,2-3,5H2,1H3/t6-/m0/s1. The van der Waals surface area contributed by atoms with Crippen LogP contribution in [0.5, 0.6) is 0 Å². The topological polar surface area (TPSA) is 42.4 Å². The Labute approximate surface area is 96.8 Å². The van der Waals surface area contributed by atoms with Gasteiger partial charge in [-0.2, -0.15) is 0 Å². The summed E-state index contributed by atoms with van der Waals surface area (Å²) >= 11 is 7.15. The van der Waals surface area contributed by atoms with Gasteiger partial charge in [-0.25, -0.2) is 4.98 Å². The number of rotatable bonds is 2. The van der Waals surface area contributed by atoms with Gasteiger partial charge < -0.3 is 9.64 Å². The number of aromatic nitrogens is 1. The van der Waals surface area contributed by atoms with Crippen molar-refractivity contribution in [3.05, 3.63) is 10.0 Å². The summed E-state index contributed by atoms with van der Waals surface area (Å²) in [6.07, 6.45) is 0.745. The van der Waals surface area contributed by atoms with Gasteiger partial charge in [0, 0.05) is 6.54 Å². The molecule has 1 aromatic rings. The van der Waals surface area contributed by atoms with Crippen molar-refractivity contribution < 1.29 is 9.53 Å². The van der Waals surface area contributed by atoms with E-state index in [0.717, 1.165) is 18.0 Å². The summed E-state index contributed by atoms with van der Waals surface area (Å²) < 4.78 is 5.33. The van der Waals surface area contributed by atoms with E-state index < -0.39 is 0 Å². The van der Waals surface area contributed by atoms with Gasteiger partial charge in [0.2, 0.25) is 0 Å². The van der Waals surface area contributed by atoms with E-state index in [2.05, 4.69) is 16.8 Å². The van der Waals surface area contributed by atoms with E-state index in [4.69, 9.17) is 16.3 Å². The van der Waals surface area contributed by atoms with Gasteiger partial charge in [0.15, 0.2) is 16.6 Å². The number of carbonyl (C=O) groups excluding carboxylic acids is 1. The van der Waals surface area contributed by atoms with Crippen molar-refractivity contribution >= 4 is 34.4 Å². The zero-order valence-corrected chi connectivity index (χ0v) is 9.85. The molecule has 1 saturated heterocycles. The highest BCUT2D eigenvalue weighted by Gasteiger charge is 2.23. The first-order valence-corrected chi connectivity index (χ1v) is 5.87. The summed E-state index contributed by atoms with van der Waals surface area (Å²) in [5.74, 6) is 0. The molecule has 1 aliphatic rings. The molecule has 1 aromatic heterocycles. The number of nitrogens with zero attached hydrogens (tertiary/aromatic N) is 2. The molecule has 4 nitrogen and oxygen atoms in total. The molecule has 1 atom stereocenters. The minimum absolute atomic E-state index is 0.278. The van der Waals surface area contributed by atoms with Crippen LogP contribution in [-0.2, 0) is 4.74 Å². The number of hydrogen-bond acceptors (Lipinski definition) is 5. The Bertz CT molecular complexity index is 369. The third-order valence-corrected chi connectivity index (χ3v) is 3.74. The molecule has 0 radical (unpaired) electrons. The number of ether oxygens (including phenoxy) is 1. The highest BCUT2D eigenvalue weighted by atomic mass is 35.5. The third-order valence-electron chi connectivity index (χ3n) is 2.32. The summed E-state index contributed by atoms with van der Waals surface area (Å²) in [4.78, 5) is 17.4. The average Bonchev–Trinajstić information content (AvgIpc) is 2.60. The van der Waals surface area contributed by atoms with Crippen molar-refractivity contribution in [1.82, 2.24) is 4.98 Å². The van der Waals surface area contributed by atoms with Gasteiger partial charge in [0.1, 0.15) is 4.88 Å². The number of halogens is 1. The van der Waals surface area contributed by atoms with E-state index in [1.165, 1.54) is 11.3 Å². The van der Waals surface area contributed by atoms with Crippen molar-refractivity contribution in [1.29, 1.82) is 0 Å². The largest absolute Gasteiger partial charge is 0.377 e. The summed E-state index contributed by atoms with van der Waals surface area (Å²) in [5, 5.41) is 1.10. The van der Waals surface area contributed by atoms with Crippen LogP contribution in [0.15, 0.2) is 0 Å². The quantitative estimate of drug-likeness (QED) is 0.747. The van der Waals surface area contributed by atoms with Crippen LogP contribution in [0.4, 0.5) is 5.13 Å². The van der Waals surface area contributed by atoms with Crippen LogP contribution in [0.25, 0.3) is 0 Å². The number of morpholine rings is 1. The zero-order valence-electron chi connectivity index (χ0n) is 8.27. The molecule has 0 aromatic carbocycles. The van der Waals surface area contributed by atoms with Gasteiger partial charge in [0.25, 0.3) is 0 Å².